The first-order valence-electron chi connectivity index (χ1n) is 4.33. The van der Waals surface area contributed by atoms with Gasteiger partial charge in [0, 0.05) is 7.11 Å². The van der Waals surface area contributed by atoms with E-state index in [4.69, 9.17) is 4.74 Å². The summed E-state index contributed by atoms with van der Waals surface area (Å²) in [4.78, 5) is 0. The molecule has 1 aromatic carbocycles. The van der Waals surface area contributed by atoms with Crippen molar-refractivity contribution in [2.75, 3.05) is 20.3 Å². The highest BCUT2D eigenvalue weighted by molar-refractivity contribution is 5.35. The van der Waals surface area contributed by atoms with Crippen LogP contribution in [0, 0.1) is 0 Å². The molecule has 0 radical (unpaired) electrons. The maximum Gasteiger partial charge on any atom is 0.419 e. The van der Waals surface area contributed by atoms with Crippen LogP contribution in [0.4, 0.5) is 13.2 Å². The Balaban J connectivity index is 2.78. The molecule has 5 heteroatoms. The van der Waals surface area contributed by atoms with Crippen LogP contribution in [0.3, 0.4) is 0 Å². The van der Waals surface area contributed by atoms with Gasteiger partial charge >= 0.3 is 6.18 Å². The normalized spacial score (nSPS) is 11.5. The van der Waals surface area contributed by atoms with E-state index in [9.17, 15) is 13.2 Å². The molecule has 84 valence electrons. The molecule has 0 heterocycles. The van der Waals surface area contributed by atoms with E-state index in [2.05, 4.69) is 4.74 Å². The lowest BCUT2D eigenvalue weighted by Gasteiger charge is -2.13. The van der Waals surface area contributed by atoms with Crippen LogP contribution in [0.15, 0.2) is 24.3 Å². The number of para-hydroxylation sites is 1. The zero-order valence-electron chi connectivity index (χ0n) is 8.17. The minimum atomic E-state index is -4.39. The molecule has 0 aliphatic rings. The first-order chi connectivity index (χ1) is 7.05. The Morgan fingerprint density at radius 3 is 2.40 bits per heavy atom. The molecule has 0 unspecified atom stereocenters. The van der Waals surface area contributed by atoms with E-state index in [1.807, 2.05) is 0 Å². The van der Waals surface area contributed by atoms with Gasteiger partial charge in [0.15, 0.2) is 0 Å². The molecule has 1 aromatic rings. The largest absolute Gasteiger partial charge is 0.491 e. The number of halogens is 3. The Morgan fingerprint density at radius 1 is 1.13 bits per heavy atom. The summed E-state index contributed by atoms with van der Waals surface area (Å²) in [5, 5.41) is 0. The number of hydrogen-bond acceptors (Lipinski definition) is 2. The molecule has 0 fully saturated rings. The Bertz CT molecular complexity index is 310. The van der Waals surface area contributed by atoms with Crippen molar-refractivity contribution in [2.24, 2.45) is 0 Å². The van der Waals surface area contributed by atoms with E-state index in [1.165, 1.54) is 25.3 Å². The SMILES string of the molecule is COCCOc1ccccc1C(F)(F)F. The number of rotatable bonds is 4. The van der Waals surface area contributed by atoms with Crippen molar-refractivity contribution in [3.63, 3.8) is 0 Å². The Hall–Kier alpha value is -1.23. The summed E-state index contributed by atoms with van der Waals surface area (Å²) in [5.74, 6) is -0.165. The van der Waals surface area contributed by atoms with E-state index >= 15 is 0 Å². The fourth-order valence-corrected chi connectivity index (χ4v) is 1.06. The quantitative estimate of drug-likeness (QED) is 0.726. The number of methoxy groups -OCH3 is 1. The van der Waals surface area contributed by atoms with Crippen LogP contribution in [0.2, 0.25) is 0 Å². The molecule has 1 rings (SSSR count). The highest BCUT2D eigenvalue weighted by Crippen LogP contribution is 2.35. The fourth-order valence-electron chi connectivity index (χ4n) is 1.06. The van der Waals surface area contributed by atoms with Gasteiger partial charge in [-0.15, -0.1) is 0 Å². The number of ether oxygens (including phenoxy) is 2. The third-order valence-corrected chi connectivity index (χ3v) is 1.74. The van der Waals surface area contributed by atoms with Crippen molar-refractivity contribution < 1.29 is 22.6 Å². The summed E-state index contributed by atoms with van der Waals surface area (Å²) in [6.45, 7) is 0.357. The van der Waals surface area contributed by atoms with Crippen molar-refractivity contribution >= 4 is 0 Å². The summed E-state index contributed by atoms with van der Waals surface area (Å²) >= 11 is 0. The predicted molar refractivity (Wildman–Crippen MR) is 48.8 cm³/mol. The van der Waals surface area contributed by atoms with Gasteiger partial charge in [0.05, 0.1) is 12.2 Å². The molecule has 0 aliphatic carbocycles. The van der Waals surface area contributed by atoms with E-state index in [1.54, 1.807) is 0 Å². The number of alkyl halides is 3. The zero-order valence-corrected chi connectivity index (χ0v) is 8.17. The molecule has 0 amide bonds. The second-order valence-electron chi connectivity index (χ2n) is 2.84. The number of benzene rings is 1. The molecule has 0 N–H and O–H groups in total. The van der Waals surface area contributed by atoms with Crippen LogP contribution in [-0.4, -0.2) is 20.3 Å². The van der Waals surface area contributed by atoms with E-state index in [-0.39, 0.29) is 19.0 Å². The molecular formula is C10H11F3O2. The van der Waals surface area contributed by atoms with Crippen LogP contribution >= 0.6 is 0 Å². The second-order valence-corrected chi connectivity index (χ2v) is 2.84. The summed E-state index contributed by atoms with van der Waals surface area (Å²) < 4.78 is 47.0. The molecule has 0 atom stereocenters. The molecule has 0 aliphatic heterocycles. The van der Waals surface area contributed by atoms with Crippen LogP contribution < -0.4 is 4.74 Å². The number of hydrogen-bond donors (Lipinski definition) is 0. The van der Waals surface area contributed by atoms with Crippen molar-refractivity contribution in [3.05, 3.63) is 29.8 Å². The smallest absolute Gasteiger partial charge is 0.419 e. The Kier molecular flexibility index (Phi) is 3.96. The molecule has 0 bridgehead atoms. The maximum atomic E-state index is 12.4. The van der Waals surface area contributed by atoms with Gasteiger partial charge in [-0.3, -0.25) is 0 Å². The zero-order chi connectivity index (χ0) is 11.3. The van der Waals surface area contributed by atoms with E-state index in [0.717, 1.165) is 6.07 Å². The summed E-state index contributed by atoms with van der Waals surface area (Å²) in [5.41, 5.74) is -0.763. The second kappa shape index (κ2) is 5.02. The minimum absolute atomic E-state index is 0.101. The van der Waals surface area contributed by atoms with Crippen molar-refractivity contribution in [1.29, 1.82) is 0 Å². The van der Waals surface area contributed by atoms with Gasteiger partial charge in [-0.2, -0.15) is 13.2 Å². The molecule has 2 nitrogen and oxygen atoms in total. The summed E-state index contributed by atoms with van der Waals surface area (Å²) in [7, 11) is 1.46. The lowest BCUT2D eigenvalue weighted by Crippen LogP contribution is -2.11. The first kappa shape index (κ1) is 11.8. The summed E-state index contributed by atoms with van der Waals surface area (Å²) in [6, 6.07) is 5.10. The lowest BCUT2D eigenvalue weighted by atomic mass is 10.2. The molecule has 0 saturated carbocycles. The van der Waals surface area contributed by atoms with Crippen molar-refractivity contribution in [2.45, 2.75) is 6.18 Å². The van der Waals surface area contributed by atoms with Crippen LogP contribution in [0.25, 0.3) is 0 Å². The van der Waals surface area contributed by atoms with Gasteiger partial charge in [-0.05, 0) is 12.1 Å². The molecule has 0 spiro atoms. The van der Waals surface area contributed by atoms with Crippen molar-refractivity contribution in [3.8, 4) is 5.75 Å². The highest BCUT2D eigenvalue weighted by atomic mass is 19.4. The van der Waals surface area contributed by atoms with Gasteiger partial charge in [0.2, 0.25) is 0 Å². The third kappa shape index (κ3) is 3.43. The topological polar surface area (TPSA) is 18.5 Å². The van der Waals surface area contributed by atoms with E-state index < -0.39 is 11.7 Å². The van der Waals surface area contributed by atoms with E-state index in [0.29, 0.717) is 0 Å². The van der Waals surface area contributed by atoms with Crippen LogP contribution in [0.5, 0.6) is 5.75 Å². The average molecular weight is 220 g/mol. The first-order valence-corrected chi connectivity index (χ1v) is 4.33. The van der Waals surface area contributed by atoms with Crippen molar-refractivity contribution in [1.82, 2.24) is 0 Å². The van der Waals surface area contributed by atoms with Gasteiger partial charge < -0.3 is 9.47 Å². The molecule has 0 saturated heterocycles. The Labute approximate surface area is 85.6 Å². The van der Waals surface area contributed by atoms with Gasteiger partial charge in [-0.1, -0.05) is 12.1 Å². The molecule has 15 heavy (non-hydrogen) atoms. The minimum Gasteiger partial charge on any atom is -0.491 e. The fraction of sp³-hybridized carbons (Fsp3) is 0.400. The predicted octanol–water partition coefficient (Wildman–Crippen LogP) is 2.73. The van der Waals surface area contributed by atoms with Crippen LogP contribution in [0.1, 0.15) is 5.56 Å². The average Bonchev–Trinajstić information content (AvgIpc) is 2.17. The van der Waals surface area contributed by atoms with Gasteiger partial charge in [0.25, 0.3) is 0 Å². The van der Waals surface area contributed by atoms with Gasteiger partial charge in [0.1, 0.15) is 12.4 Å². The van der Waals surface area contributed by atoms with Crippen LogP contribution in [-0.2, 0) is 10.9 Å². The Morgan fingerprint density at radius 2 is 1.80 bits per heavy atom. The monoisotopic (exact) mass is 220 g/mol. The highest BCUT2D eigenvalue weighted by Gasteiger charge is 2.33. The standard InChI is InChI=1S/C10H11F3O2/c1-14-6-7-15-9-5-3-2-4-8(9)10(11,12)13/h2-5H,6-7H2,1H3. The lowest BCUT2D eigenvalue weighted by molar-refractivity contribution is -0.139. The maximum absolute atomic E-state index is 12.4. The van der Waals surface area contributed by atoms with Gasteiger partial charge in [-0.25, -0.2) is 0 Å². The summed E-state index contributed by atoms with van der Waals surface area (Å²) in [6.07, 6.45) is -4.39. The molecular weight excluding hydrogens is 209 g/mol. The third-order valence-electron chi connectivity index (χ3n) is 1.74. The molecule has 0 aromatic heterocycles.